The highest BCUT2D eigenvalue weighted by atomic mass is 79.9. The van der Waals surface area contributed by atoms with Crippen LogP contribution in [0.5, 0.6) is 0 Å². The van der Waals surface area contributed by atoms with Crippen molar-refractivity contribution in [3.63, 3.8) is 0 Å². The lowest BCUT2D eigenvalue weighted by molar-refractivity contribution is 0.221. The first-order chi connectivity index (χ1) is 6.94. The summed E-state index contributed by atoms with van der Waals surface area (Å²) in [6, 6.07) is 0.211. The third-order valence-electron chi connectivity index (χ3n) is 2.21. The number of thiazole rings is 1. The lowest BCUT2D eigenvalue weighted by atomic mass is 10.0. The maximum absolute atomic E-state index is 8.93. The molecular weight excluding hydrogens is 276 g/mol. The first kappa shape index (κ1) is 13.1. The summed E-state index contributed by atoms with van der Waals surface area (Å²) in [6.45, 7) is 6.46. The van der Waals surface area contributed by atoms with E-state index in [0.29, 0.717) is 0 Å². The van der Waals surface area contributed by atoms with Crippen molar-refractivity contribution in [1.29, 1.82) is 0 Å². The monoisotopic (exact) mass is 292 g/mol. The fraction of sp³-hybridized carbons (Fsp3) is 0.700. The number of nitrogens with one attached hydrogen (secondary N) is 1. The van der Waals surface area contributed by atoms with Crippen molar-refractivity contribution in [3.8, 4) is 0 Å². The molecule has 15 heavy (non-hydrogen) atoms. The van der Waals surface area contributed by atoms with E-state index in [-0.39, 0.29) is 18.2 Å². The normalized spacial score (nSPS) is 14.2. The summed E-state index contributed by atoms with van der Waals surface area (Å²) in [7, 11) is 0. The Morgan fingerprint density at radius 2 is 2.33 bits per heavy atom. The second kappa shape index (κ2) is 5.39. The van der Waals surface area contributed by atoms with Crippen LogP contribution in [0.4, 0.5) is 0 Å². The summed E-state index contributed by atoms with van der Waals surface area (Å²) in [6.07, 6.45) is 2.56. The minimum absolute atomic E-state index is 0.0632. The van der Waals surface area contributed by atoms with Crippen LogP contribution in [-0.4, -0.2) is 22.2 Å². The molecule has 5 heteroatoms. The predicted octanol–water partition coefficient (Wildman–Crippen LogP) is 2.72. The SMILES string of the molecule is CC(NC(C)(C)CCO)c1ncc(Br)s1. The molecule has 1 aromatic heterocycles. The number of aromatic nitrogens is 1. The van der Waals surface area contributed by atoms with E-state index in [2.05, 4.69) is 47.0 Å². The molecule has 1 aromatic rings. The fourth-order valence-electron chi connectivity index (χ4n) is 1.47. The van der Waals surface area contributed by atoms with Gasteiger partial charge in [0.05, 0.1) is 16.0 Å². The van der Waals surface area contributed by atoms with Crippen molar-refractivity contribution in [1.82, 2.24) is 10.3 Å². The minimum Gasteiger partial charge on any atom is -0.396 e. The van der Waals surface area contributed by atoms with Gasteiger partial charge in [0.1, 0.15) is 5.01 Å². The van der Waals surface area contributed by atoms with Gasteiger partial charge in [-0.15, -0.1) is 11.3 Å². The van der Waals surface area contributed by atoms with Crippen molar-refractivity contribution in [2.45, 2.75) is 38.8 Å². The molecule has 0 bridgehead atoms. The van der Waals surface area contributed by atoms with Gasteiger partial charge in [0.15, 0.2) is 0 Å². The van der Waals surface area contributed by atoms with Gasteiger partial charge >= 0.3 is 0 Å². The summed E-state index contributed by atoms with van der Waals surface area (Å²) in [5.74, 6) is 0. The quantitative estimate of drug-likeness (QED) is 0.877. The lowest BCUT2D eigenvalue weighted by Crippen LogP contribution is -2.41. The fourth-order valence-corrected chi connectivity index (χ4v) is 2.71. The smallest absolute Gasteiger partial charge is 0.110 e. The van der Waals surface area contributed by atoms with Crippen LogP contribution in [-0.2, 0) is 0 Å². The van der Waals surface area contributed by atoms with Crippen LogP contribution in [0, 0.1) is 0 Å². The summed E-state index contributed by atoms with van der Waals surface area (Å²) >= 11 is 5.03. The van der Waals surface area contributed by atoms with Crippen molar-refractivity contribution in [2.75, 3.05) is 6.61 Å². The third-order valence-corrected chi connectivity index (χ3v) is 3.87. The molecular formula is C10H17BrN2OS. The zero-order chi connectivity index (χ0) is 11.5. The number of nitrogens with zero attached hydrogens (tertiary/aromatic N) is 1. The molecule has 0 spiro atoms. The van der Waals surface area contributed by atoms with Crippen LogP contribution in [0.25, 0.3) is 0 Å². The second-order valence-corrected chi connectivity index (χ2v) is 6.67. The third kappa shape index (κ3) is 4.18. The molecule has 1 unspecified atom stereocenters. The van der Waals surface area contributed by atoms with E-state index in [1.165, 1.54) is 0 Å². The van der Waals surface area contributed by atoms with Gasteiger partial charge in [-0.2, -0.15) is 0 Å². The first-order valence-electron chi connectivity index (χ1n) is 4.94. The molecule has 0 aromatic carbocycles. The number of aliphatic hydroxyl groups is 1. The first-order valence-corrected chi connectivity index (χ1v) is 6.55. The lowest BCUT2D eigenvalue weighted by Gasteiger charge is -2.28. The molecule has 2 N–H and O–H groups in total. The van der Waals surface area contributed by atoms with Crippen molar-refractivity contribution < 1.29 is 5.11 Å². The summed E-state index contributed by atoms with van der Waals surface area (Å²) in [5, 5.41) is 13.4. The highest BCUT2D eigenvalue weighted by Crippen LogP contribution is 2.25. The molecule has 0 aliphatic rings. The Labute approximate surface area is 103 Å². The molecule has 86 valence electrons. The van der Waals surface area contributed by atoms with Crippen molar-refractivity contribution in [2.24, 2.45) is 0 Å². The molecule has 0 saturated heterocycles. The number of halogens is 1. The Hall–Kier alpha value is 0.0300. The van der Waals surface area contributed by atoms with E-state index in [1.54, 1.807) is 11.3 Å². The maximum atomic E-state index is 8.93. The van der Waals surface area contributed by atoms with E-state index < -0.39 is 0 Å². The Balaban J connectivity index is 2.59. The van der Waals surface area contributed by atoms with Crippen LogP contribution >= 0.6 is 27.3 Å². The molecule has 1 heterocycles. The Kier molecular flexibility index (Phi) is 4.70. The number of aliphatic hydroxyl groups excluding tert-OH is 1. The van der Waals surface area contributed by atoms with Gasteiger partial charge in [-0.25, -0.2) is 4.98 Å². The Morgan fingerprint density at radius 1 is 1.67 bits per heavy atom. The largest absolute Gasteiger partial charge is 0.396 e. The van der Waals surface area contributed by atoms with Crippen LogP contribution in [0.1, 0.15) is 38.2 Å². The highest BCUT2D eigenvalue weighted by Gasteiger charge is 2.21. The second-order valence-electron chi connectivity index (χ2n) is 4.23. The van der Waals surface area contributed by atoms with E-state index in [1.807, 2.05) is 6.20 Å². The Bertz CT molecular complexity index is 314. The van der Waals surface area contributed by atoms with E-state index >= 15 is 0 Å². The maximum Gasteiger partial charge on any atom is 0.110 e. The van der Waals surface area contributed by atoms with Crippen LogP contribution < -0.4 is 5.32 Å². The topological polar surface area (TPSA) is 45.1 Å². The van der Waals surface area contributed by atoms with Gasteiger partial charge in [0.25, 0.3) is 0 Å². The molecule has 1 rings (SSSR count). The van der Waals surface area contributed by atoms with Crippen LogP contribution in [0.15, 0.2) is 9.98 Å². The standard InChI is InChI=1S/C10H17BrN2OS/c1-7(9-12-6-8(11)15-9)13-10(2,3)4-5-14/h6-7,13-14H,4-5H2,1-3H3. The zero-order valence-corrected chi connectivity index (χ0v) is 11.7. The average molecular weight is 293 g/mol. The minimum atomic E-state index is -0.0632. The summed E-state index contributed by atoms with van der Waals surface area (Å²) in [4.78, 5) is 4.31. The molecule has 0 amide bonds. The number of rotatable bonds is 5. The van der Waals surface area contributed by atoms with Crippen LogP contribution in [0.2, 0.25) is 0 Å². The molecule has 3 nitrogen and oxygen atoms in total. The van der Waals surface area contributed by atoms with E-state index in [9.17, 15) is 0 Å². The predicted molar refractivity (Wildman–Crippen MR) is 67.1 cm³/mol. The van der Waals surface area contributed by atoms with E-state index in [4.69, 9.17) is 5.11 Å². The summed E-state index contributed by atoms with van der Waals surface area (Å²) in [5.41, 5.74) is -0.0632. The molecule has 0 saturated carbocycles. The molecule has 0 fully saturated rings. The van der Waals surface area contributed by atoms with Gasteiger partial charge in [-0.05, 0) is 43.1 Å². The van der Waals surface area contributed by atoms with Gasteiger partial charge in [0, 0.05) is 12.1 Å². The zero-order valence-electron chi connectivity index (χ0n) is 9.25. The average Bonchev–Trinajstić information content (AvgIpc) is 2.50. The Morgan fingerprint density at radius 3 is 2.80 bits per heavy atom. The number of hydrogen-bond acceptors (Lipinski definition) is 4. The van der Waals surface area contributed by atoms with Crippen LogP contribution in [0.3, 0.4) is 0 Å². The molecule has 1 atom stereocenters. The van der Waals surface area contributed by atoms with Gasteiger partial charge < -0.3 is 10.4 Å². The summed E-state index contributed by atoms with van der Waals surface area (Å²) < 4.78 is 1.05. The van der Waals surface area contributed by atoms with Crippen molar-refractivity contribution in [3.05, 3.63) is 15.0 Å². The molecule has 0 aliphatic heterocycles. The molecule has 0 aliphatic carbocycles. The van der Waals surface area contributed by atoms with E-state index in [0.717, 1.165) is 15.2 Å². The number of hydrogen-bond donors (Lipinski definition) is 2. The van der Waals surface area contributed by atoms with Crippen molar-refractivity contribution >= 4 is 27.3 Å². The highest BCUT2D eigenvalue weighted by molar-refractivity contribution is 9.11. The van der Waals surface area contributed by atoms with Gasteiger partial charge in [-0.1, -0.05) is 0 Å². The molecule has 0 radical (unpaired) electrons. The van der Waals surface area contributed by atoms with Gasteiger partial charge in [-0.3, -0.25) is 0 Å². The van der Waals surface area contributed by atoms with Gasteiger partial charge in [0.2, 0.25) is 0 Å².